The molecule has 1 aliphatic carbocycles. The molecule has 4 rings (SSSR count). The lowest BCUT2D eigenvalue weighted by molar-refractivity contribution is -0.147. The maximum Gasteiger partial charge on any atom is 0.316 e. The SMILES string of the molecule is CC(C)(CC(=O)Oc1ccc(-c2ccccc2)cc1)CC(C)(C)C(=O)Oc1ccc(C2=CCCC=C2)cc1. The molecule has 0 atom stereocenters. The maximum atomic E-state index is 13.1. The third-order valence-corrected chi connectivity index (χ3v) is 6.68. The smallest absolute Gasteiger partial charge is 0.316 e. The third kappa shape index (κ3) is 7.32. The molecule has 0 amide bonds. The van der Waals surface area contributed by atoms with E-state index in [1.165, 1.54) is 5.57 Å². The van der Waals surface area contributed by atoms with Crippen molar-refractivity contribution < 1.29 is 19.1 Å². The summed E-state index contributed by atoms with van der Waals surface area (Å²) in [6.07, 6.45) is 9.28. The highest BCUT2D eigenvalue weighted by molar-refractivity contribution is 5.80. The van der Waals surface area contributed by atoms with Crippen molar-refractivity contribution in [2.24, 2.45) is 10.8 Å². The second-order valence-corrected chi connectivity index (χ2v) is 11.3. The van der Waals surface area contributed by atoms with Gasteiger partial charge in [-0.1, -0.05) is 86.7 Å². The number of ether oxygens (including phenoxy) is 2. The quantitative estimate of drug-likeness (QED) is 0.215. The molecule has 0 unspecified atom stereocenters. The zero-order valence-corrected chi connectivity index (χ0v) is 22.7. The summed E-state index contributed by atoms with van der Waals surface area (Å²) in [5.74, 6) is 0.378. The Hall–Kier alpha value is -3.92. The standard InChI is InChI=1S/C34H36O4/c1-33(2,23-31(35)37-29-19-15-27(16-20-29)25-11-7-5-8-12-25)24-34(3,4)32(36)38-30-21-17-28(18-22-30)26-13-9-6-10-14-26/h5,7-9,11-22H,6,10,23-24H2,1-4H3. The van der Waals surface area contributed by atoms with Crippen LogP contribution in [0.2, 0.25) is 0 Å². The van der Waals surface area contributed by atoms with Crippen molar-refractivity contribution >= 4 is 17.5 Å². The Balaban J connectivity index is 1.31. The van der Waals surface area contributed by atoms with Gasteiger partial charge in [-0.3, -0.25) is 9.59 Å². The predicted octanol–water partition coefficient (Wildman–Crippen LogP) is 8.43. The number of hydrogen-bond acceptors (Lipinski definition) is 4. The van der Waals surface area contributed by atoms with Crippen LogP contribution in [0.5, 0.6) is 11.5 Å². The minimum absolute atomic E-state index is 0.182. The van der Waals surface area contributed by atoms with E-state index in [0.717, 1.165) is 29.5 Å². The van der Waals surface area contributed by atoms with Crippen LogP contribution in [0.4, 0.5) is 0 Å². The minimum atomic E-state index is -0.783. The van der Waals surface area contributed by atoms with E-state index in [0.29, 0.717) is 17.9 Å². The molecule has 0 aromatic heterocycles. The van der Waals surface area contributed by atoms with E-state index in [-0.39, 0.29) is 18.4 Å². The Kier molecular flexibility index (Phi) is 8.31. The lowest BCUT2D eigenvalue weighted by Gasteiger charge is -2.32. The molecule has 3 aromatic rings. The molecule has 0 saturated carbocycles. The fourth-order valence-corrected chi connectivity index (χ4v) is 5.02. The van der Waals surface area contributed by atoms with Gasteiger partial charge in [0.2, 0.25) is 0 Å². The highest BCUT2D eigenvalue weighted by Crippen LogP contribution is 2.38. The lowest BCUT2D eigenvalue weighted by atomic mass is 9.73. The van der Waals surface area contributed by atoms with Gasteiger partial charge in [0.1, 0.15) is 11.5 Å². The summed E-state index contributed by atoms with van der Waals surface area (Å²) in [7, 11) is 0. The van der Waals surface area contributed by atoms with Crippen LogP contribution in [0, 0.1) is 10.8 Å². The molecule has 0 aliphatic heterocycles. The van der Waals surface area contributed by atoms with Crippen LogP contribution in [-0.2, 0) is 9.59 Å². The molecule has 0 saturated heterocycles. The summed E-state index contributed by atoms with van der Waals surface area (Å²) in [4.78, 5) is 25.8. The van der Waals surface area contributed by atoms with Gasteiger partial charge in [-0.15, -0.1) is 0 Å². The summed E-state index contributed by atoms with van der Waals surface area (Å²) >= 11 is 0. The van der Waals surface area contributed by atoms with Crippen LogP contribution in [0.15, 0.2) is 97.1 Å². The van der Waals surface area contributed by atoms with Crippen molar-refractivity contribution in [3.05, 3.63) is 103 Å². The largest absolute Gasteiger partial charge is 0.427 e. The second kappa shape index (κ2) is 11.6. The molecule has 196 valence electrons. The zero-order valence-electron chi connectivity index (χ0n) is 22.7. The van der Waals surface area contributed by atoms with Crippen LogP contribution in [0.1, 0.15) is 58.9 Å². The summed E-state index contributed by atoms with van der Waals surface area (Å²) in [5, 5.41) is 0. The van der Waals surface area contributed by atoms with Crippen LogP contribution in [0.25, 0.3) is 16.7 Å². The summed E-state index contributed by atoms with van der Waals surface area (Å²) in [6.45, 7) is 7.66. The summed E-state index contributed by atoms with van der Waals surface area (Å²) in [6, 6.07) is 25.2. The molecule has 0 bridgehead atoms. The van der Waals surface area contributed by atoms with Gasteiger partial charge >= 0.3 is 11.9 Å². The van der Waals surface area contributed by atoms with Crippen molar-refractivity contribution in [3.63, 3.8) is 0 Å². The number of benzene rings is 3. The topological polar surface area (TPSA) is 52.6 Å². The second-order valence-electron chi connectivity index (χ2n) is 11.3. The molecule has 0 spiro atoms. The van der Waals surface area contributed by atoms with Gasteiger partial charge in [0, 0.05) is 0 Å². The highest BCUT2D eigenvalue weighted by atomic mass is 16.5. The molecule has 0 radical (unpaired) electrons. The lowest BCUT2D eigenvalue weighted by Crippen LogP contribution is -2.35. The van der Waals surface area contributed by atoms with Crippen molar-refractivity contribution in [2.75, 3.05) is 0 Å². The monoisotopic (exact) mass is 508 g/mol. The average Bonchev–Trinajstić information content (AvgIpc) is 2.89. The molecule has 3 aromatic carbocycles. The zero-order chi connectivity index (χ0) is 27.2. The maximum absolute atomic E-state index is 13.1. The molecule has 4 heteroatoms. The molecular formula is C34H36O4. The number of carbonyl (C=O) groups excluding carboxylic acids is 2. The van der Waals surface area contributed by atoms with E-state index < -0.39 is 10.8 Å². The number of carbonyl (C=O) groups is 2. The molecule has 0 N–H and O–H groups in total. The van der Waals surface area contributed by atoms with E-state index in [2.05, 4.69) is 18.2 Å². The Bertz CT molecular complexity index is 1310. The molecule has 0 heterocycles. The van der Waals surface area contributed by atoms with Crippen LogP contribution in [0.3, 0.4) is 0 Å². The third-order valence-electron chi connectivity index (χ3n) is 6.68. The van der Waals surface area contributed by atoms with Gasteiger partial charge in [0.05, 0.1) is 11.8 Å². The molecule has 1 aliphatic rings. The fourth-order valence-electron chi connectivity index (χ4n) is 5.02. The Morgan fingerprint density at radius 2 is 1.29 bits per heavy atom. The minimum Gasteiger partial charge on any atom is -0.427 e. The average molecular weight is 509 g/mol. The normalized spacial score (nSPS) is 13.5. The molecule has 0 fully saturated rings. The van der Waals surface area contributed by atoms with Gasteiger partial charge in [-0.25, -0.2) is 0 Å². The first-order valence-electron chi connectivity index (χ1n) is 13.2. The number of hydrogen-bond donors (Lipinski definition) is 0. The van der Waals surface area contributed by atoms with Crippen LogP contribution in [-0.4, -0.2) is 11.9 Å². The van der Waals surface area contributed by atoms with Gasteiger partial charge in [0.25, 0.3) is 0 Å². The van der Waals surface area contributed by atoms with E-state index in [4.69, 9.17) is 9.47 Å². The summed E-state index contributed by atoms with van der Waals surface area (Å²) in [5.41, 5.74) is 3.21. The van der Waals surface area contributed by atoms with Gasteiger partial charge in [-0.2, -0.15) is 0 Å². The van der Waals surface area contributed by atoms with Crippen LogP contribution >= 0.6 is 0 Å². The predicted molar refractivity (Wildman–Crippen MR) is 153 cm³/mol. The fraction of sp³-hybridized carbons (Fsp3) is 0.294. The van der Waals surface area contributed by atoms with Gasteiger partial charge in [-0.05, 0) is 85.1 Å². The van der Waals surface area contributed by atoms with Crippen molar-refractivity contribution in [3.8, 4) is 22.6 Å². The number of esters is 2. The summed E-state index contributed by atoms with van der Waals surface area (Å²) < 4.78 is 11.3. The molecule has 4 nitrogen and oxygen atoms in total. The number of rotatable bonds is 9. The van der Waals surface area contributed by atoms with Gasteiger partial charge in [0.15, 0.2) is 0 Å². The first-order chi connectivity index (χ1) is 18.1. The first-order valence-corrected chi connectivity index (χ1v) is 13.2. The first kappa shape index (κ1) is 27.1. The van der Waals surface area contributed by atoms with Crippen molar-refractivity contribution in [2.45, 2.75) is 53.4 Å². The van der Waals surface area contributed by atoms with Crippen molar-refractivity contribution in [1.29, 1.82) is 0 Å². The van der Waals surface area contributed by atoms with Crippen molar-refractivity contribution in [1.82, 2.24) is 0 Å². The highest BCUT2D eigenvalue weighted by Gasteiger charge is 2.37. The Morgan fingerprint density at radius 3 is 1.89 bits per heavy atom. The number of allylic oxidation sites excluding steroid dienone is 4. The van der Waals surface area contributed by atoms with E-state index >= 15 is 0 Å². The van der Waals surface area contributed by atoms with E-state index in [1.807, 2.05) is 94.4 Å². The van der Waals surface area contributed by atoms with E-state index in [9.17, 15) is 9.59 Å². The molecule has 38 heavy (non-hydrogen) atoms. The Labute approximate surface area is 226 Å². The Morgan fingerprint density at radius 1 is 0.711 bits per heavy atom. The van der Waals surface area contributed by atoms with E-state index in [1.54, 1.807) is 12.1 Å². The van der Waals surface area contributed by atoms with Gasteiger partial charge < -0.3 is 9.47 Å². The van der Waals surface area contributed by atoms with Crippen LogP contribution < -0.4 is 9.47 Å². The molecular weight excluding hydrogens is 472 g/mol.